The third-order valence-corrected chi connectivity index (χ3v) is 4.82. The van der Waals surface area contributed by atoms with Crippen LogP contribution in [-0.4, -0.2) is 28.9 Å². The summed E-state index contributed by atoms with van der Waals surface area (Å²) in [6.07, 6.45) is 3.86. The van der Waals surface area contributed by atoms with Crippen LogP contribution in [0.1, 0.15) is 40.6 Å². The van der Waals surface area contributed by atoms with Gasteiger partial charge in [0.2, 0.25) is 5.91 Å². The molecule has 0 unspecified atom stereocenters. The molecule has 0 saturated heterocycles. The molecule has 0 saturated carbocycles. The van der Waals surface area contributed by atoms with E-state index in [0.29, 0.717) is 17.7 Å². The van der Waals surface area contributed by atoms with E-state index >= 15 is 0 Å². The molecule has 0 fully saturated rings. The minimum absolute atomic E-state index is 0.0309. The Balaban J connectivity index is 1.78. The molecule has 1 aromatic carbocycles. The molecule has 6 heteroatoms. The lowest BCUT2D eigenvalue weighted by atomic mass is 10.0. The van der Waals surface area contributed by atoms with Crippen LogP contribution in [-0.2, 0) is 11.2 Å². The highest BCUT2D eigenvalue weighted by Crippen LogP contribution is 2.26. The van der Waals surface area contributed by atoms with E-state index in [1.165, 1.54) is 0 Å². The van der Waals surface area contributed by atoms with Gasteiger partial charge in [0.05, 0.1) is 11.9 Å². The summed E-state index contributed by atoms with van der Waals surface area (Å²) in [6.45, 7) is 5.60. The normalized spacial score (nSPS) is 10.7. The molecule has 3 rings (SSSR count). The second-order valence-corrected chi connectivity index (χ2v) is 6.75. The molecule has 6 nitrogen and oxygen atoms in total. The number of hydrogen-bond acceptors (Lipinski definition) is 5. The van der Waals surface area contributed by atoms with Crippen LogP contribution in [0.2, 0.25) is 0 Å². The van der Waals surface area contributed by atoms with Crippen LogP contribution in [0, 0.1) is 13.8 Å². The Morgan fingerprint density at radius 2 is 1.89 bits per heavy atom. The number of carbonyl (C=O) groups is 2. The van der Waals surface area contributed by atoms with Crippen molar-refractivity contribution in [2.24, 2.45) is 0 Å². The van der Waals surface area contributed by atoms with Crippen LogP contribution in [0.4, 0.5) is 5.69 Å². The van der Waals surface area contributed by atoms with Gasteiger partial charge in [0.25, 0.3) is 0 Å². The molecule has 2 aromatic heterocycles. The molecule has 0 atom stereocenters. The first-order chi connectivity index (χ1) is 13.4. The second kappa shape index (κ2) is 8.17. The van der Waals surface area contributed by atoms with Crippen molar-refractivity contribution in [3.63, 3.8) is 0 Å². The Labute approximate surface area is 164 Å². The molecular weight excluding hydrogens is 354 g/mol. The number of benzene rings is 1. The molecule has 2 heterocycles. The Bertz CT molecular complexity index is 1010. The molecule has 0 radical (unpaired) electrons. The fraction of sp³-hybridized carbons (Fsp3) is 0.273. The fourth-order valence-corrected chi connectivity index (χ4v) is 3.06. The Morgan fingerprint density at radius 1 is 1.11 bits per heavy atom. The number of aryl methyl sites for hydroxylation is 2. The third-order valence-electron chi connectivity index (χ3n) is 4.82. The summed E-state index contributed by atoms with van der Waals surface area (Å²) in [6, 6.07) is 9.48. The van der Waals surface area contributed by atoms with Gasteiger partial charge in [-0.2, -0.15) is 0 Å². The minimum atomic E-state index is -0.0309. The molecule has 0 aliphatic rings. The molecule has 28 heavy (non-hydrogen) atoms. The maximum Gasteiger partial charge on any atom is 0.226 e. The van der Waals surface area contributed by atoms with Gasteiger partial charge in [0.1, 0.15) is 5.76 Å². The van der Waals surface area contributed by atoms with Crippen LogP contribution < -0.4 is 4.90 Å². The van der Waals surface area contributed by atoms with Crippen molar-refractivity contribution in [1.29, 1.82) is 0 Å². The number of hydrogen-bond donors (Lipinski definition) is 0. The van der Waals surface area contributed by atoms with Crippen molar-refractivity contribution in [3.05, 3.63) is 65.2 Å². The quantitative estimate of drug-likeness (QED) is 0.603. The van der Waals surface area contributed by atoms with E-state index in [-0.39, 0.29) is 18.1 Å². The third kappa shape index (κ3) is 4.01. The van der Waals surface area contributed by atoms with Crippen molar-refractivity contribution in [2.45, 2.75) is 33.6 Å². The number of pyridine rings is 1. The highest BCUT2D eigenvalue weighted by Gasteiger charge is 2.14. The van der Waals surface area contributed by atoms with E-state index in [2.05, 4.69) is 10.1 Å². The lowest BCUT2D eigenvalue weighted by Crippen LogP contribution is -2.25. The van der Waals surface area contributed by atoms with Gasteiger partial charge in [-0.15, -0.1) is 0 Å². The van der Waals surface area contributed by atoms with Crippen molar-refractivity contribution >= 4 is 17.4 Å². The SMILES string of the molecule is CCC(=O)N(C)c1ccc(-c2ccc(C(=O)Cc3cnoc3C)cn2)cc1C. The van der Waals surface area contributed by atoms with Gasteiger partial charge < -0.3 is 9.42 Å². The van der Waals surface area contributed by atoms with E-state index in [1.54, 1.807) is 37.3 Å². The summed E-state index contributed by atoms with van der Waals surface area (Å²) in [4.78, 5) is 30.5. The summed E-state index contributed by atoms with van der Waals surface area (Å²) >= 11 is 0. The van der Waals surface area contributed by atoms with Crippen LogP contribution in [0.25, 0.3) is 11.3 Å². The molecule has 0 aliphatic heterocycles. The van der Waals surface area contributed by atoms with E-state index in [1.807, 2.05) is 38.1 Å². The standard InChI is InChI=1S/C22H23N3O3/c1-5-22(27)25(4)20-9-7-16(10-14(20)2)19-8-6-17(12-23-19)21(26)11-18-13-24-28-15(18)3/h6-10,12-13H,5,11H2,1-4H3. The van der Waals surface area contributed by atoms with Crippen molar-refractivity contribution in [2.75, 3.05) is 11.9 Å². The molecule has 0 spiro atoms. The van der Waals surface area contributed by atoms with Crippen LogP contribution in [0.3, 0.4) is 0 Å². The fourth-order valence-electron chi connectivity index (χ4n) is 3.06. The monoisotopic (exact) mass is 377 g/mol. The van der Waals surface area contributed by atoms with Crippen molar-refractivity contribution < 1.29 is 14.1 Å². The van der Waals surface area contributed by atoms with Gasteiger partial charge in [0, 0.05) is 48.5 Å². The number of carbonyl (C=O) groups excluding carboxylic acids is 2. The maximum absolute atomic E-state index is 12.4. The number of anilines is 1. The zero-order valence-corrected chi connectivity index (χ0v) is 16.5. The number of ketones is 1. The van der Waals surface area contributed by atoms with Crippen LogP contribution in [0.15, 0.2) is 47.2 Å². The number of rotatable bonds is 6. The predicted octanol–water partition coefficient (Wildman–Crippen LogP) is 4.15. The number of Topliss-reactive ketones (excluding diaryl/α,β-unsaturated/α-hetero) is 1. The second-order valence-electron chi connectivity index (χ2n) is 6.75. The van der Waals surface area contributed by atoms with E-state index in [9.17, 15) is 9.59 Å². The molecule has 0 aliphatic carbocycles. The topological polar surface area (TPSA) is 76.3 Å². The minimum Gasteiger partial charge on any atom is -0.361 e. The highest BCUT2D eigenvalue weighted by atomic mass is 16.5. The molecule has 0 N–H and O–H groups in total. The van der Waals surface area contributed by atoms with Gasteiger partial charge in [-0.05, 0) is 43.7 Å². The first kappa shape index (κ1) is 19.5. The zero-order chi connectivity index (χ0) is 20.3. The average molecular weight is 377 g/mol. The Kier molecular flexibility index (Phi) is 5.68. The summed E-state index contributed by atoms with van der Waals surface area (Å²) < 4.78 is 5.00. The highest BCUT2D eigenvalue weighted by molar-refractivity contribution is 5.97. The van der Waals surface area contributed by atoms with Gasteiger partial charge in [-0.1, -0.05) is 18.1 Å². The smallest absolute Gasteiger partial charge is 0.226 e. The average Bonchev–Trinajstić information content (AvgIpc) is 3.11. The first-order valence-electron chi connectivity index (χ1n) is 9.17. The largest absolute Gasteiger partial charge is 0.361 e. The van der Waals surface area contributed by atoms with E-state index in [4.69, 9.17) is 4.52 Å². The molecular formula is C22H23N3O3. The van der Waals surface area contributed by atoms with E-state index in [0.717, 1.165) is 28.1 Å². The predicted molar refractivity (Wildman–Crippen MR) is 107 cm³/mol. The van der Waals surface area contributed by atoms with E-state index < -0.39 is 0 Å². The van der Waals surface area contributed by atoms with Crippen molar-refractivity contribution in [3.8, 4) is 11.3 Å². The molecule has 0 bridgehead atoms. The van der Waals surface area contributed by atoms with Gasteiger partial charge in [-0.25, -0.2) is 0 Å². The lowest BCUT2D eigenvalue weighted by molar-refractivity contribution is -0.118. The summed E-state index contributed by atoms with van der Waals surface area (Å²) in [5, 5.41) is 3.70. The van der Waals surface area contributed by atoms with Crippen LogP contribution >= 0.6 is 0 Å². The van der Waals surface area contributed by atoms with Crippen molar-refractivity contribution in [1.82, 2.24) is 10.1 Å². The maximum atomic E-state index is 12.4. The lowest BCUT2D eigenvalue weighted by Gasteiger charge is -2.19. The van der Waals surface area contributed by atoms with Gasteiger partial charge in [-0.3, -0.25) is 14.6 Å². The zero-order valence-electron chi connectivity index (χ0n) is 16.5. The molecule has 144 valence electrons. The molecule has 1 amide bonds. The number of nitrogens with zero attached hydrogens (tertiary/aromatic N) is 3. The van der Waals surface area contributed by atoms with Crippen LogP contribution in [0.5, 0.6) is 0 Å². The Hall–Kier alpha value is -3.28. The number of aromatic nitrogens is 2. The number of amides is 1. The summed E-state index contributed by atoms with van der Waals surface area (Å²) in [7, 11) is 1.78. The van der Waals surface area contributed by atoms with Gasteiger partial charge >= 0.3 is 0 Å². The Morgan fingerprint density at radius 3 is 2.46 bits per heavy atom. The van der Waals surface area contributed by atoms with Gasteiger partial charge in [0.15, 0.2) is 5.78 Å². The first-order valence-corrected chi connectivity index (χ1v) is 9.17. The summed E-state index contributed by atoms with van der Waals surface area (Å²) in [5.41, 5.74) is 4.92. The molecule has 3 aromatic rings. The summed E-state index contributed by atoms with van der Waals surface area (Å²) in [5.74, 6) is 0.691.